The van der Waals surface area contributed by atoms with Gasteiger partial charge >= 0.3 is 0 Å². The number of anilines is 1. The maximum absolute atomic E-state index is 12.4. The van der Waals surface area contributed by atoms with Crippen molar-refractivity contribution in [1.82, 2.24) is 19.8 Å². The zero-order valence-electron chi connectivity index (χ0n) is 14.4. The molecule has 8 heteroatoms. The first kappa shape index (κ1) is 17.4. The molecule has 1 aromatic heterocycles. The van der Waals surface area contributed by atoms with Crippen LogP contribution >= 0.6 is 0 Å². The molecule has 0 aromatic carbocycles. The molecule has 0 spiro atoms. The highest BCUT2D eigenvalue weighted by molar-refractivity contribution is 5.84. The Morgan fingerprint density at radius 1 is 1.00 bits per heavy atom. The molecule has 0 atom stereocenters. The van der Waals surface area contributed by atoms with Gasteiger partial charge in [-0.05, 0) is 19.3 Å². The number of hydrogen-bond donors (Lipinski definition) is 2. The van der Waals surface area contributed by atoms with Crippen LogP contribution in [0.4, 0.5) is 5.95 Å². The number of nitrogens with zero attached hydrogens (tertiary/aromatic N) is 3. The van der Waals surface area contributed by atoms with Gasteiger partial charge in [0.1, 0.15) is 0 Å². The van der Waals surface area contributed by atoms with Crippen molar-refractivity contribution in [3.05, 3.63) is 21.6 Å². The molecular formula is C17H25N5O3. The van der Waals surface area contributed by atoms with Gasteiger partial charge in [-0.2, -0.15) is 0 Å². The van der Waals surface area contributed by atoms with Crippen LogP contribution in [0.5, 0.6) is 0 Å². The quantitative estimate of drug-likeness (QED) is 0.823. The number of H-pyrrole nitrogens is 1. The van der Waals surface area contributed by atoms with E-state index in [9.17, 15) is 14.4 Å². The van der Waals surface area contributed by atoms with Crippen molar-refractivity contribution in [1.29, 1.82) is 0 Å². The van der Waals surface area contributed by atoms with E-state index in [4.69, 9.17) is 5.73 Å². The first-order valence-electron chi connectivity index (χ1n) is 8.97. The summed E-state index contributed by atoms with van der Waals surface area (Å²) in [7, 11) is 0. The van der Waals surface area contributed by atoms with E-state index in [0.717, 1.165) is 25.9 Å². The number of nitrogens with one attached hydrogen (secondary N) is 1. The Bertz CT molecular complexity index is 707. The second-order valence-corrected chi connectivity index (χ2v) is 6.74. The molecule has 1 fully saturated rings. The molecule has 3 heterocycles. The monoisotopic (exact) mass is 347 g/mol. The highest BCUT2D eigenvalue weighted by atomic mass is 16.2. The van der Waals surface area contributed by atoms with Crippen LogP contribution in [0.25, 0.3) is 0 Å². The van der Waals surface area contributed by atoms with E-state index in [1.807, 2.05) is 4.90 Å². The number of nitrogens with two attached hydrogens (primary N) is 1. The number of nitrogen functional groups attached to an aromatic ring is 1. The lowest BCUT2D eigenvalue weighted by molar-refractivity contribution is -0.137. The van der Waals surface area contributed by atoms with Crippen LogP contribution in [0.1, 0.15) is 49.8 Å². The van der Waals surface area contributed by atoms with Gasteiger partial charge in [0.25, 0.3) is 5.56 Å². The Kier molecular flexibility index (Phi) is 5.35. The third-order valence-corrected chi connectivity index (χ3v) is 4.96. The minimum Gasteiger partial charge on any atom is -0.369 e. The summed E-state index contributed by atoms with van der Waals surface area (Å²) in [5.41, 5.74) is 6.50. The van der Waals surface area contributed by atoms with E-state index in [1.165, 1.54) is 12.8 Å². The summed E-state index contributed by atoms with van der Waals surface area (Å²) in [6.45, 7) is 2.35. The fraction of sp³-hybridized carbons (Fsp3) is 0.647. The van der Waals surface area contributed by atoms with Crippen molar-refractivity contribution in [2.24, 2.45) is 0 Å². The molecule has 1 saturated heterocycles. The summed E-state index contributed by atoms with van der Waals surface area (Å²) in [5.74, 6) is 0.0512. The van der Waals surface area contributed by atoms with Crippen LogP contribution < -0.4 is 11.3 Å². The van der Waals surface area contributed by atoms with E-state index in [-0.39, 0.29) is 42.7 Å². The summed E-state index contributed by atoms with van der Waals surface area (Å²) in [5, 5.41) is 0. The predicted octanol–water partition coefficient (Wildman–Crippen LogP) is 0.420. The molecule has 25 heavy (non-hydrogen) atoms. The average molecular weight is 347 g/mol. The highest BCUT2D eigenvalue weighted by Crippen LogP contribution is 2.16. The maximum Gasteiger partial charge on any atom is 0.255 e. The van der Waals surface area contributed by atoms with E-state index >= 15 is 0 Å². The smallest absolute Gasteiger partial charge is 0.255 e. The third kappa shape index (κ3) is 4.18. The number of aromatic nitrogens is 2. The Labute approximate surface area is 146 Å². The first-order chi connectivity index (χ1) is 12.0. The molecule has 3 N–H and O–H groups in total. The topological polar surface area (TPSA) is 112 Å². The van der Waals surface area contributed by atoms with Gasteiger partial charge in [-0.25, -0.2) is 4.98 Å². The number of likely N-dealkylation sites (tertiary alicyclic amines) is 1. The van der Waals surface area contributed by atoms with Crippen molar-refractivity contribution >= 4 is 17.8 Å². The van der Waals surface area contributed by atoms with Crippen molar-refractivity contribution in [3.8, 4) is 0 Å². The number of carbonyl (C=O) groups is 2. The van der Waals surface area contributed by atoms with Crippen LogP contribution in [-0.4, -0.2) is 51.2 Å². The van der Waals surface area contributed by atoms with Crippen molar-refractivity contribution in [2.75, 3.05) is 25.4 Å². The summed E-state index contributed by atoms with van der Waals surface area (Å²) in [6, 6.07) is 0. The van der Waals surface area contributed by atoms with Gasteiger partial charge in [-0.3, -0.25) is 19.4 Å². The van der Waals surface area contributed by atoms with Crippen molar-refractivity contribution < 1.29 is 9.59 Å². The second kappa shape index (κ2) is 7.67. The lowest BCUT2D eigenvalue weighted by Crippen LogP contribution is -2.40. The van der Waals surface area contributed by atoms with E-state index in [2.05, 4.69) is 9.97 Å². The Hall–Kier alpha value is -2.38. The van der Waals surface area contributed by atoms with Gasteiger partial charge in [-0.15, -0.1) is 0 Å². The fourth-order valence-corrected chi connectivity index (χ4v) is 3.52. The molecule has 2 aliphatic heterocycles. The van der Waals surface area contributed by atoms with Crippen LogP contribution in [0.15, 0.2) is 4.79 Å². The normalized spacial score (nSPS) is 17.8. The molecule has 8 nitrogen and oxygen atoms in total. The molecular weight excluding hydrogens is 322 g/mol. The lowest BCUT2D eigenvalue weighted by atomic mass is 10.1. The summed E-state index contributed by atoms with van der Waals surface area (Å²) < 4.78 is 0. The molecule has 0 aliphatic carbocycles. The molecule has 2 amide bonds. The number of carbonyl (C=O) groups excluding carboxylic acids is 2. The highest BCUT2D eigenvalue weighted by Gasteiger charge is 2.25. The zero-order valence-corrected chi connectivity index (χ0v) is 14.4. The second-order valence-electron chi connectivity index (χ2n) is 6.74. The van der Waals surface area contributed by atoms with Crippen LogP contribution in [0.2, 0.25) is 0 Å². The fourth-order valence-electron chi connectivity index (χ4n) is 3.52. The number of aromatic amines is 1. The van der Waals surface area contributed by atoms with Gasteiger partial charge in [-0.1, -0.05) is 12.8 Å². The number of fused-ring (bicyclic) bond motifs is 1. The molecule has 136 valence electrons. The van der Waals surface area contributed by atoms with Crippen LogP contribution in [-0.2, 0) is 22.6 Å². The molecule has 2 aliphatic rings. The first-order valence-corrected chi connectivity index (χ1v) is 8.97. The SMILES string of the molecule is Nc1nc2c(c(=O)[nH]1)CCN(C(=O)CCC(=O)N1CCCCCC1)C2. The van der Waals surface area contributed by atoms with Gasteiger partial charge in [0, 0.05) is 38.0 Å². The number of rotatable bonds is 3. The van der Waals surface area contributed by atoms with Gasteiger partial charge in [0.2, 0.25) is 17.8 Å². The van der Waals surface area contributed by atoms with Crippen LogP contribution in [0, 0.1) is 0 Å². The molecule has 0 unspecified atom stereocenters. The summed E-state index contributed by atoms with van der Waals surface area (Å²) in [4.78, 5) is 46.8. The zero-order chi connectivity index (χ0) is 17.8. The predicted molar refractivity (Wildman–Crippen MR) is 92.7 cm³/mol. The van der Waals surface area contributed by atoms with Crippen molar-refractivity contribution in [2.45, 2.75) is 51.5 Å². The van der Waals surface area contributed by atoms with Gasteiger partial charge < -0.3 is 15.5 Å². The Morgan fingerprint density at radius 3 is 2.32 bits per heavy atom. The van der Waals surface area contributed by atoms with Gasteiger partial charge in [0.15, 0.2) is 0 Å². The largest absolute Gasteiger partial charge is 0.369 e. The van der Waals surface area contributed by atoms with E-state index in [0.29, 0.717) is 24.2 Å². The van der Waals surface area contributed by atoms with Gasteiger partial charge in [0.05, 0.1) is 12.2 Å². The molecule has 0 bridgehead atoms. The van der Waals surface area contributed by atoms with Crippen molar-refractivity contribution in [3.63, 3.8) is 0 Å². The Morgan fingerprint density at radius 2 is 1.64 bits per heavy atom. The summed E-state index contributed by atoms with van der Waals surface area (Å²) in [6.07, 6.45) is 5.34. The molecule has 3 rings (SSSR count). The average Bonchev–Trinajstić information content (AvgIpc) is 2.88. The number of hydrogen-bond acceptors (Lipinski definition) is 5. The number of amides is 2. The Balaban J connectivity index is 1.55. The minimum absolute atomic E-state index is 0.0615. The van der Waals surface area contributed by atoms with Crippen LogP contribution in [0.3, 0.4) is 0 Å². The molecule has 1 aromatic rings. The summed E-state index contributed by atoms with van der Waals surface area (Å²) >= 11 is 0. The standard InChI is InChI=1S/C17H25N5O3/c18-17-19-13-11-22(10-7-12(13)16(25)20-17)15(24)6-5-14(23)21-8-3-1-2-4-9-21/h1-11H2,(H3,18,19,20,25). The minimum atomic E-state index is -0.231. The van der Waals surface area contributed by atoms with E-state index in [1.54, 1.807) is 4.90 Å². The third-order valence-electron chi connectivity index (χ3n) is 4.96. The molecule has 0 radical (unpaired) electrons. The van der Waals surface area contributed by atoms with E-state index < -0.39 is 0 Å². The maximum atomic E-state index is 12.4. The lowest BCUT2D eigenvalue weighted by Gasteiger charge is -2.28. The molecule has 0 saturated carbocycles.